The van der Waals surface area contributed by atoms with Crippen molar-refractivity contribution in [2.75, 3.05) is 13.1 Å². The van der Waals surface area contributed by atoms with E-state index in [9.17, 15) is 4.79 Å². The number of carbonyl (C=O) groups is 1. The summed E-state index contributed by atoms with van der Waals surface area (Å²) in [6.45, 7) is 2.03. The summed E-state index contributed by atoms with van der Waals surface area (Å²) in [5.74, 6) is 0. The van der Waals surface area contributed by atoms with E-state index in [1.165, 1.54) is 12.8 Å². The van der Waals surface area contributed by atoms with Gasteiger partial charge in [0.25, 0.3) is 0 Å². The fourth-order valence-electron chi connectivity index (χ4n) is 0.921. The van der Waals surface area contributed by atoms with Gasteiger partial charge in [0, 0.05) is 13.1 Å². The van der Waals surface area contributed by atoms with E-state index in [4.69, 9.17) is 17.5 Å². The zero-order valence-corrected chi connectivity index (χ0v) is 7.70. The van der Waals surface area contributed by atoms with Gasteiger partial charge in [-0.3, -0.25) is 19.3 Å². The molecule has 0 radical (unpaired) electrons. The molecular weight excluding hydrogens is 200 g/mol. The van der Waals surface area contributed by atoms with Crippen molar-refractivity contribution < 1.29 is 22.3 Å². The van der Waals surface area contributed by atoms with Gasteiger partial charge in [-0.25, -0.2) is 5.01 Å². The van der Waals surface area contributed by atoms with Crippen LogP contribution in [0, 0.1) is 0 Å². The van der Waals surface area contributed by atoms with Crippen LogP contribution in [0.4, 0.5) is 0 Å². The molecule has 0 unspecified atom stereocenters. The molecule has 0 aromatic carbocycles. The Kier molecular flexibility index (Phi) is 5.55. The van der Waals surface area contributed by atoms with E-state index in [1.54, 1.807) is 0 Å². The molecule has 0 atom stereocenters. The molecule has 8 heteroatoms. The first kappa shape index (κ1) is 12.3. The summed E-state index contributed by atoms with van der Waals surface area (Å²) in [4.78, 5) is 9.81. The third-order valence-corrected chi connectivity index (χ3v) is 1.34. The molecule has 0 aliphatic carbocycles. The maximum atomic E-state index is 9.81. The average molecular weight is 212 g/mol. The molecule has 1 rings (SSSR count). The number of nitrogens with zero attached hydrogens (tertiary/aromatic N) is 1. The van der Waals surface area contributed by atoms with Crippen molar-refractivity contribution in [1.29, 1.82) is 0 Å². The van der Waals surface area contributed by atoms with Crippen molar-refractivity contribution >= 4 is 16.8 Å². The Labute approximate surface area is 76.3 Å². The lowest BCUT2D eigenvalue weighted by Gasteiger charge is -2.10. The Balaban J connectivity index is 0.000000252. The standard InChI is InChI=1S/C5H10N2O.H2O4S/c8-5-6-7-3-1-2-4-7;1-5(2,3)4/h5H,1-4H2,(H,6,8);(H2,1,2,3,4). The van der Waals surface area contributed by atoms with E-state index >= 15 is 0 Å². The highest BCUT2D eigenvalue weighted by atomic mass is 32.3. The zero-order chi connectivity index (χ0) is 10.3. The van der Waals surface area contributed by atoms with E-state index in [-0.39, 0.29) is 0 Å². The van der Waals surface area contributed by atoms with Crippen molar-refractivity contribution in [3.05, 3.63) is 0 Å². The summed E-state index contributed by atoms with van der Waals surface area (Å²) in [6.07, 6.45) is 3.15. The lowest BCUT2D eigenvalue weighted by Crippen LogP contribution is -2.33. The predicted octanol–water partition coefficient (Wildman–Crippen LogP) is -0.910. The first-order valence-corrected chi connectivity index (χ1v) is 4.98. The molecule has 0 bridgehead atoms. The van der Waals surface area contributed by atoms with Crippen LogP contribution in [0.2, 0.25) is 0 Å². The van der Waals surface area contributed by atoms with Gasteiger partial charge in [0.2, 0.25) is 6.41 Å². The Morgan fingerprint density at radius 1 is 1.23 bits per heavy atom. The molecule has 7 nitrogen and oxygen atoms in total. The Hall–Kier alpha value is -0.700. The van der Waals surface area contributed by atoms with Crippen molar-refractivity contribution in [3.8, 4) is 0 Å². The summed E-state index contributed by atoms with van der Waals surface area (Å²) in [7, 11) is -4.67. The summed E-state index contributed by atoms with van der Waals surface area (Å²) in [5, 5.41) is 1.92. The normalized spacial score (nSPS) is 17.4. The van der Waals surface area contributed by atoms with Gasteiger partial charge in [-0.2, -0.15) is 8.42 Å². The monoisotopic (exact) mass is 212 g/mol. The van der Waals surface area contributed by atoms with Gasteiger partial charge in [-0.1, -0.05) is 0 Å². The average Bonchev–Trinajstić information content (AvgIpc) is 2.36. The Bertz CT molecular complexity index is 225. The molecule has 1 aliphatic heterocycles. The van der Waals surface area contributed by atoms with Crippen molar-refractivity contribution in [2.24, 2.45) is 0 Å². The van der Waals surface area contributed by atoms with Gasteiger partial charge in [0.15, 0.2) is 0 Å². The summed E-state index contributed by atoms with van der Waals surface area (Å²) < 4.78 is 31.6. The number of rotatable bonds is 2. The van der Waals surface area contributed by atoms with Crippen LogP contribution >= 0.6 is 0 Å². The van der Waals surface area contributed by atoms with Crippen molar-refractivity contribution in [3.63, 3.8) is 0 Å². The molecule has 13 heavy (non-hydrogen) atoms. The molecule has 1 aliphatic rings. The minimum Gasteiger partial charge on any atom is -0.292 e. The quantitative estimate of drug-likeness (QED) is 0.404. The molecule has 0 saturated carbocycles. The van der Waals surface area contributed by atoms with Gasteiger partial charge < -0.3 is 0 Å². The number of carbonyl (C=O) groups excluding carboxylic acids is 1. The number of hydrazine groups is 1. The molecule has 78 valence electrons. The smallest absolute Gasteiger partial charge is 0.292 e. The minimum atomic E-state index is -4.67. The summed E-state index contributed by atoms with van der Waals surface area (Å²) in [6, 6.07) is 0. The first-order chi connectivity index (χ1) is 5.93. The van der Waals surface area contributed by atoms with Crippen LogP contribution in [-0.4, -0.2) is 42.0 Å². The molecule has 1 amide bonds. The minimum absolute atomic E-state index is 0.728. The molecule has 3 N–H and O–H groups in total. The number of amides is 1. The second-order valence-corrected chi connectivity index (χ2v) is 3.28. The van der Waals surface area contributed by atoms with E-state index in [0.29, 0.717) is 0 Å². The third-order valence-electron chi connectivity index (χ3n) is 1.34. The lowest BCUT2D eigenvalue weighted by atomic mass is 10.4. The largest absolute Gasteiger partial charge is 0.394 e. The maximum Gasteiger partial charge on any atom is 0.394 e. The van der Waals surface area contributed by atoms with Crippen LogP contribution in [0.5, 0.6) is 0 Å². The second-order valence-electron chi connectivity index (χ2n) is 2.39. The third kappa shape index (κ3) is 11.3. The van der Waals surface area contributed by atoms with E-state index in [1.807, 2.05) is 5.01 Å². The van der Waals surface area contributed by atoms with Crippen LogP contribution in [0.15, 0.2) is 0 Å². The van der Waals surface area contributed by atoms with Gasteiger partial charge >= 0.3 is 10.4 Å². The van der Waals surface area contributed by atoms with E-state index < -0.39 is 10.4 Å². The van der Waals surface area contributed by atoms with Crippen LogP contribution in [0.1, 0.15) is 12.8 Å². The van der Waals surface area contributed by atoms with Crippen LogP contribution < -0.4 is 5.43 Å². The van der Waals surface area contributed by atoms with Crippen molar-refractivity contribution in [2.45, 2.75) is 12.8 Å². The fraction of sp³-hybridized carbons (Fsp3) is 0.800. The summed E-state index contributed by atoms with van der Waals surface area (Å²) >= 11 is 0. The molecule has 0 aromatic heterocycles. The molecule has 1 saturated heterocycles. The van der Waals surface area contributed by atoms with Gasteiger partial charge in [-0.15, -0.1) is 0 Å². The molecule has 1 heterocycles. The topological polar surface area (TPSA) is 107 Å². The number of hydrogen-bond donors (Lipinski definition) is 3. The molecule has 0 aromatic rings. The predicted molar refractivity (Wildman–Crippen MR) is 44.2 cm³/mol. The van der Waals surface area contributed by atoms with Crippen LogP contribution in [-0.2, 0) is 15.2 Å². The van der Waals surface area contributed by atoms with Gasteiger partial charge in [-0.05, 0) is 12.8 Å². The van der Waals surface area contributed by atoms with E-state index in [2.05, 4.69) is 5.43 Å². The highest BCUT2D eigenvalue weighted by Gasteiger charge is 2.08. The first-order valence-electron chi connectivity index (χ1n) is 3.58. The maximum absolute atomic E-state index is 9.81. The Morgan fingerprint density at radius 2 is 1.62 bits per heavy atom. The lowest BCUT2D eigenvalue weighted by molar-refractivity contribution is -0.113. The fourth-order valence-corrected chi connectivity index (χ4v) is 0.921. The summed E-state index contributed by atoms with van der Waals surface area (Å²) in [5.41, 5.74) is 2.60. The second kappa shape index (κ2) is 5.86. The van der Waals surface area contributed by atoms with Crippen LogP contribution in [0.3, 0.4) is 0 Å². The van der Waals surface area contributed by atoms with Gasteiger partial charge in [0.05, 0.1) is 0 Å². The molecule has 0 spiro atoms. The van der Waals surface area contributed by atoms with Gasteiger partial charge in [0.1, 0.15) is 0 Å². The van der Waals surface area contributed by atoms with Crippen molar-refractivity contribution in [1.82, 2.24) is 10.4 Å². The molecular formula is C5H12N2O5S. The van der Waals surface area contributed by atoms with Crippen LogP contribution in [0.25, 0.3) is 0 Å². The number of hydrogen-bond acceptors (Lipinski definition) is 4. The molecule has 1 fully saturated rings. The zero-order valence-electron chi connectivity index (χ0n) is 6.88. The highest BCUT2D eigenvalue weighted by Crippen LogP contribution is 2.01. The SMILES string of the molecule is O=CNN1CCCC1.O=S(=O)(O)O. The van der Waals surface area contributed by atoms with E-state index in [0.717, 1.165) is 19.5 Å². The Morgan fingerprint density at radius 3 is 1.92 bits per heavy atom. The number of nitrogens with one attached hydrogen (secondary N) is 1. The highest BCUT2D eigenvalue weighted by molar-refractivity contribution is 7.79.